The van der Waals surface area contributed by atoms with Crippen LogP contribution in [0.2, 0.25) is 0 Å². The lowest BCUT2D eigenvalue weighted by molar-refractivity contribution is 0.309. The van der Waals surface area contributed by atoms with E-state index in [0.717, 1.165) is 48.0 Å². The number of thioether (sulfide) groups is 1. The van der Waals surface area contributed by atoms with Gasteiger partial charge >= 0.3 is 0 Å². The fourth-order valence-corrected chi connectivity index (χ4v) is 2.40. The SMILES string of the molecule is CCCOc1ccc(CBr)c(OCCSCC)c1. The fraction of sp³-hybridized carbons (Fsp3) is 0.571. The summed E-state index contributed by atoms with van der Waals surface area (Å²) in [7, 11) is 0. The molecule has 18 heavy (non-hydrogen) atoms. The molecule has 102 valence electrons. The minimum atomic E-state index is 0.746. The molecule has 0 radical (unpaired) electrons. The third-order valence-corrected chi connectivity index (χ3v) is 3.81. The van der Waals surface area contributed by atoms with E-state index < -0.39 is 0 Å². The monoisotopic (exact) mass is 332 g/mol. The van der Waals surface area contributed by atoms with E-state index in [0.29, 0.717) is 0 Å². The van der Waals surface area contributed by atoms with Crippen molar-refractivity contribution in [1.29, 1.82) is 0 Å². The van der Waals surface area contributed by atoms with Crippen LogP contribution in [0.5, 0.6) is 11.5 Å². The zero-order valence-corrected chi connectivity index (χ0v) is 13.5. The number of benzene rings is 1. The molecule has 0 atom stereocenters. The molecule has 1 aromatic rings. The lowest BCUT2D eigenvalue weighted by atomic mass is 10.2. The molecule has 4 heteroatoms. The van der Waals surface area contributed by atoms with E-state index in [1.54, 1.807) is 0 Å². The molecule has 0 amide bonds. The van der Waals surface area contributed by atoms with Crippen LogP contribution in [0.3, 0.4) is 0 Å². The summed E-state index contributed by atoms with van der Waals surface area (Å²) >= 11 is 5.37. The van der Waals surface area contributed by atoms with Crippen LogP contribution in [0.4, 0.5) is 0 Å². The molecular weight excluding hydrogens is 312 g/mol. The number of alkyl halides is 1. The average Bonchev–Trinajstić information content (AvgIpc) is 2.41. The van der Waals surface area contributed by atoms with Crippen LogP contribution in [-0.2, 0) is 5.33 Å². The van der Waals surface area contributed by atoms with Crippen molar-refractivity contribution in [2.45, 2.75) is 25.6 Å². The van der Waals surface area contributed by atoms with Gasteiger partial charge in [-0.2, -0.15) is 11.8 Å². The molecule has 0 N–H and O–H groups in total. The summed E-state index contributed by atoms with van der Waals surface area (Å²) < 4.78 is 11.4. The Morgan fingerprint density at radius 3 is 2.67 bits per heavy atom. The maximum atomic E-state index is 5.82. The molecular formula is C14H21BrO2S. The highest BCUT2D eigenvalue weighted by Gasteiger charge is 2.05. The van der Waals surface area contributed by atoms with Gasteiger partial charge in [0.05, 0.1) is 13.2 Å². The lowest BCUT2D eigenvalue weighted by Crippen LogP contribution is -2.03. The van der Waals surface area contributed by atoms with Crippen molar-refractivity contribution in [3.05, 3.63) is 23.8 Å². The van der Waals surface area contributed by atoms with Gasteiger partial charge in [-0.1, -0.05) is 35.8 Å². The van der Waals surface area contributed by atoms with Crippen molar-refractivity contribution < 1.29 is 9.47 Å². The molecule has 0 fully saturated rings. The summed E-state index contributed by atoms with van der Waals surface area (Å²) in [4.78, 5) is 0. The van der Waals surface area contributed by atoms with Crippen LogP contribution < -0.4 is 9.47 Å². The fourth-order valence-electron chi connectivity index (χ4n) is 1.44. The first kappa shape index (κ1) is 15.7. The van der Waals surface area contributed by atoms with Crippen molar-refractivity contribution >= 4 is 27.7 Å². The molecule has 0 saturated carbocycles. The van der Waals surface area contributed by atoms with Crippen LogP contribution in [0.25, 0.3) is 0 Å². The van der Waals surface area contributed by atoms with Gasteiger partial charge in [0.25, 0.3) is 0 Å². The topological polar surface area (TPSA) is 18.5 Å². The molecule has 1 aromatic carbocycles. The first-order chi connectivity index (χ1) is 8.81. The number of rotatable bonds is 9. The third-order valence-electron chi connectivity index (χ3n) is 2.34. The van der Waals surface area contributed by atoms with Crippen molar-refractivity contribution in [2.75, 3.05) is 24.7 Å². The smallest absolute Gasteiger partial charge is 0.127 e. The molecule has 0 aromatic heterocycles. The zero-order chi connectivity index (χ0) is 13.2. The van der Waals surface area contributed by atoms with E-state index in [1.165, 1.54) is 5.56 Å². The maximum Gasteiger partial charge on any atom is 0.127 e. The molecule has 0 spiro atoms. The highest BCUT2D eigenvalue weighted by Crippen LogP contribution is 2.27. The second-order valence-corrected chi connectivity index (χ2v) is 5.75. The van der Waals surface area contributed by atoms with Crippen LogP contribution in [-0.4, -0.2) is 24.7 Å². The summed E-state index contributed by atoms with van der Waals surface area (Å²) in [5, 5.41) is 0.803. The number of hydrogen-bond donors (Lipinski definition) is 0. The van der Waals surface area contributed by atoms with Gasteiger partial charge in [0.15, 0.2) is 0 Å². The molecule has 0 aliphatic carbocycles. The molecule has 0 saturated heterocycles. The van der Waals surface area contributed by atoms with Gasteiger partial charge in [-0.15, -0.1) is 0 Å². The highest BCUT2D eigenvalue weighted by molar-refractivity contribution is 9.08. The third kappa shape index (κ3) is 5.53. The number of halogens is 1. The van der Waals surface area contributed by atoms with Crippen LogP contribution >= 0.6 is 27.7 Å². The van der Waals surface area contributed by atoms with E-state index in [1.807, 2.05) is 23.9 Å². The zero-order valence-electron chi connectivity index (χ0n) is 11.1. The Balaban J connectivity index is 2.60. The minimum Gasteiger partial charge on any atom is -0.493 e. The van der Waals surface area contributed by atoms with Gasteiger partial charge in [0.1, 0.15) is 11.5 Å². The predicted octanol–water partition coefficient (Wildman–Crippen LogP) is 4.50. The van der Waals surface area contributed by atoms with E-state index in [4.69, 9.17) is 9.47 Å². The van der Waals surface area contributed by atoms with Gasteiger partial charge in [-0.05, 0) is 18.2 Å². The average molecular weight is 333 g/mol. The van der Waals surface area contributed by atoms with E-state index in [2.05, 4.69) is 35.8 Å². The Labute approximate surface area is 123 Å². The van der Waals surface area contributed by atoms with Gasteiger partial charge < -0.3 is 9.47 Å². The van der Waals surface area contributed by atoms with E-state index in [9.17, 15) is 0 Å². The largest absolute Gasteiger partial charge is 0.493 e. The predicted molar refractivity (Wildman–Crippen MR) is 83.4 cm³/mol. The first-order valence-electron chi connectivity index (χ1n) is 6.34. The van der Waals surface area contributed by atoms with Crippen molar-refractivity contribution in [3.8, 4) is 11.5 Å². The molecule has 0 unspecified atom stereocenters. The summed E-state index contributed by atoms with van der Waals surface area (Å²) in [6, 6.07) is 6.05. The lowest BCUT2D eigenvalue weighted by Gasteiger charge is -2.12. The first-order valence-corrected chi connectivity index (χ1v) is 8.61. The van der Waals surface area contributed by atoms with Crippen LogP contribution in [0.1, 0.15) is 25.8 Å². The Hall–Kier alpha value is -0.350. The summed E-state index contributed by atoms with van der Waals surface area (Å²) in [5.74, 6) is 3.98. The molecule has 2 nitrogen and oxygen atoms in total. The molecule has 1 rings (SSSR count). The summed E-state index contributed by atoms with van der Waals surface area (Å²) in [6.07, 6.45) is 1.02. The Morgan fingerprint density at radius 2 is 2.00 bits per heavy atom. The highest BCUT2D eigenvalue weighted by atomic mass is 79.9. The molecule has 0 bridgehead atoms. The number of hydrogen-bond acceptors (Lipinski definition) is 3. The van der Waals surface area contributed by atoms with Gasteiger partial charge in [0.2, 0.25) is 0 Å². The minimum absolute atomic E-state index is 0.746. The quantitative estimate of drug-likeness (QED) is 0.490. The standard InChI is InChI=1S/C14H21BrO2S/c1-3-7-16-13-6-5-12(11-15)14(10-13)17-8-9-18-4-2/h5-6,10H,3-4,7-9,11H2,1-2H3. The second kappa shape index (κ2) is 9.56. The van der Waals surface area contributed by atoms with Crippen LogP contribution in [0, 0.1) is 0 Å². The van der Waals surface area contributed by atoms with Crippen LogP contribution in [0.15, 0.2) is 18.2 Å². The van der Waals surface area contributed by atoms with Crippen molar-refractivity contribution in [3.63, 3.8) is 0 Å². The van der Waals surface area contributed by atoms with Gasteiger partial charge in [-0.3, -0.25) is 0 Å². The molecule has 0 heterocycles. The summed E-state index contributed by atoms with van der Waals surface area (Å²) in [5.41, 5.74) is 1.17. The van der Waals surface area contributed by atoms with Crippen molar-refractivity contribution in [1.82, 2.24) is 0 Å². The van der Waals surface area contributed by atoms with Gasteiger partial charge in [0, 0.05) is 22.7 Å². The van der Waals surface area contributed by atoms with E-state index >= 15 is 0 Å². The molecule has 0 aliphatic heterocycles. The van der Waals surface area contributed by atoms with Crippen molar-refractivity contribution in [2.24, 2.45) is 0 Å². The maximum absolute atomic E-state index is 5.82. The Bertz CT molecular complexity index is 345. The second-order valence-electron chi connectivity index (χ2n) is 3.80. The normalized spacial score (nSPS) is 10.4. The summed E-state index contributed by atoms with van der Waals surface area (Å²) in [6.45, 7) is 5.76. The van der Waals surface area contributed by atoms with E-state index in [-0.39, 0.29) is 0 Å². The molecule has 0 aliphatic rings. The van der Waals surface area contributed by atoms with Gasteiger partial charge in [-0.25, -0.2) is 0 Å². The number of ether oxygens (including phenoxy) is 2. The Kier molecular flexibility index (Phi) is 8.34. The Morgan fingerprint density at radius 1 is 1.17 bits per heavy atom.